The SMILES string of the molecule is NC(=NO)c1ccc(CC(=O)OCCNc2ccccc2)cc1. The fourth-order valence-corrected chi connectivity index (χ4v) is 1.99. The van der Waals surface area contributed by atoms with E-state index in [1.54, 1.807) is 24.3 Å². The number of rotatable bonds is 7. The van der Waals surface area contributed by atoms with Crippen LogP contribution in [0.4, 0.5) is 5.69 Å². The van der Waals surface area contributed by atoms with E-state index in [9.17, 15) is 4.79 Å². The van der Waals surface area contributed by atoms with Crippen LogP contribution in [-0.2, 0) is 16.0 Å². The Hall–Kier alpha value is -3.02. The van der Waals surface area contributed by atoms with Crippen LogP contribution in [0.5, 0.6) is 0 Å². The summed E-state index contributed by atoms with van der Waals surface area (Å²) in [4.78, 5) is 11.8. The van der Waals surface area contributed by atoms with E-state index in [-0.39, 0.29) is 18.2 Å². The summed E-state index contributed by atoms with van der Waals surface area (Å²) in [7, 11) is 0. The summed E-state index contributed by atoms with van der Waals surface area (Å²) < 4.78 is 5.18. The number of nitrogens with one attached hydrogen (secondary N) is 1. The van der Waals surface area contributed by atoms with Crippen LogP contribution >= 0.6 is 0 Å². The van der Waals surface area contributed by atoms with Crippen molar-refractivity contribution >= 4 is 17.5 Å². The molecule has 0 radical (unpaired) electrons. The highest BCUT2D eigenvalue weighted by atomic mass is 16.5. The van der Waals surface area contributed by atoms with Crippen molar-refractivity contribution in [3.8, 4) is 0 Å². The number of hydrogen-bond acceptors (Lipinski definition) is 5. The van der Waals surface area contributed by atoms with Gasteiger partial charge < -0.3 is 21.0 Å². The molecule has 23 heavy (non-hydrogen) atoms. The molecule has 120 valence electrons. The third kappa shape index (κ3) is 5.35. The molecule has 0 amide bonds. The zero-order chi connectivity index (χ0) is 16.5. The Balaban J connectivity index is 1.72. The van der Waals surface area contributed by atoms with Crippen LogP contribution in [0.2, 0.25) is 0 Å². The number of hydrogen-bond donors (Lipinski definition) is 3. The van der Waals surface area contributed by atoms with Crippen LogP contribution < -0.4 is 11.1 Å². The van der Waals surface area contributed by atoms with Gasteiger partial charge in [-0.05, 0) is 17.7 Å². The largest absolute Gasteiger partial charge is 0.464 e. The molecule has 0 aromatic heterocycles. The van der Waals surface area contributed by atoms with Crippen molar-refractivity contribution in [1.29, 1.82) is 0 Å². The van der Waals surface area contributed by atoms with Gasteiger partial charge in [-0.15, -0.1) is 0 Å². The van der Waals surface area contributed by atoms with Gasteiger partial charge >= 0.3 is 5.97 Å². The van der Waals surface area contributed by atoms with E-state index >= 15 is 0 Å². The first-order valence-corrected chi connectivity index (χ1v) is 7.20. The first kappa shape index (κ1) is 16.4. The molecule has 0 unspecified atom stereocenters. The van der Waals surface area contributed by atoms with Crippen LogP contribution in [0.25, 0.3) is 0 Å². The molecule has 0 saturated carbocycles. The number of nitrogens with two attached hydrogens (primary N) is 1. The minimum atomic E-state index is -0.295. The Morgan fingerprint density at radius 1 is 1.13 bits per heavy atom. The number of para-hydroxylation sites is 1. The van der Waals surface area contributed by atoms with E-state index in [0.717, 1.165) is 11.3 Å². The number of anilines is 1. The summed E-state index contributed by atoms with van der Waals surface area (Å²) in [6, 6.07) is 16.6. The molecular weight excluding hydrogens is 294 g/mol. The van der Waals surface area contributed by atoms with Crippen LogP contribution in [0, 0.1) is 0 Å². The van der Waals surface area contributed by atoms with Crippen LogP contribution in [0.1, 0.15) is 11.1 Å². The lowest BCUT2D eigenvalue weighted by atomic mass is 10.1. The van der Waals surface area contributed by atoms with Crippen molar-refractivity contribution in [1.82, 2.24) is 0 Å². The van der Waals surface area contributed by atoms with Crippen LogP contribution in [0.3, 0.4) is 0 Å². The average Bonchev–Trinajstić information content (AvgIpc) is 2.59. The van der Waals surface area contributed by atoms with Crippen LogP contribution in [-0.4, -0.2) is 30.2 Å². The standard InChI is InChI=1S/C17H19N3O3/c18-17(20-22)14-8-6-13(7-9-14)12-16(21)23-11-10-19-15-4-2-1-3-5-15/h1-9,19,22H,10-12H2,(H2,18,20). The lowest BCUT2D eigenvalue weighted by Crippen LogP contribution is -2.15. The topological polar surface area (TPSA) is 96.9 Å². The van der Waals surface area contributed by atoms with Crippen LogP contribution in [0.15, 0.2) is 59.8 Å². The molecule has 0 fully saturated rings. The highest BCUT2D eigenvalue weighted by Crippen LogP contribution is 2.06. The molecule has 2 aromatic rings. The fourth-order valence-electron chi connectivity index (χ4n) is 1.99. The lowest BCUT2D eigenvalue weighted by molar-refractivity contribution is -0.142. The summed E-state index contributed by atoms with van der Waals surface area (Å²) in [5.41, 5.74) is 7.86. The molecule has 2 aromatic carbocycles. The second kappa shape index (κ2) is 8.43. The summed E-state index contributed by atoms with van der Waals surface area (Å²) in [5, 5.41) is 14.7. The molecule has 0 spiro atoms. The zero-order valence-corrected chi connectivity index (χ0v) is 12.6. The van der Waals surface area contributed by atoms with Gasteiger partial charge in [-0.3, -0.25) is 4.79 Å². The summed E-state index contributed by atoms with van der Waals surface area (Å²) in [6.07, 6.45) is 0.182. The number of esters is 1. The van der Waals surface area contributed by atoms with E-state index in [1.165, 1.54) is 0 Å². The molecule has 0 aliphatic heterocycles. The summed E-state index contributed by atoms with van der Waals surface area (Å²) in [5.74, 6) is -0.262. The third-order valence-electron chi connectivity index (χ3n) is 3.17. The Bertz CT molecular complexity index is 655. The fraction of sp³-hybridized carbons (Fsp3) is 0.176. The monoisotopic (exact) mass is 313 g/mol. The lowest BCUT2D eigenvalue weighted by Gasteiger charge is -2.08. The average molecular weight is 313 g/mol. The predicted molar refractivity (Wildman–Crippen MR) is 88.5 cm³/mol. The van der Waals surface area contributed by atoms with Crippen molar-refractivity contribution < 1.29 is 14.7 Å². The normalized spacial score (nSPS) is 11.0. The van der Waals surface area contributed by atoms with Gasteiger partial charge in [-0.25, -0.2) is 0 Å². The molecule has 6 nitrogen and oxygen atoms in total. The first-order chi connectivity index (χ1) is 11.2. The molecule has 0 atom stereocenters. The number of amidine groups is 1. The summed E-state index contributed by atoms with van der Waals surface area (Å²) >= 11 is 0. The number of nitrogens with zero attached hydrogens (tertiary/aromatic N) is 1. The quantitative estimate of drug-likeness (QED) is 0.181. The van der Waals surface area contributed by atoms with Crippen molar-refractivity contribution in [2.24, 2.45) is 10.9 Å². The van der Waals surface area contributed by atoms with Gasteiger partial charge in [0.25, 0.3) is 0 Å². The number of carbonyl (C=O) groups is 1. The number of ether oxygens (including phenoxy) is 1. The van der Waals surface area contributed by atoms with Gasteiger partial charge in [0, 0.05) is 17.8 Å². The molecule has 2 rings (SSSR count). The molecule has 0 saturated heterocycles. The third-order valence-corrected chi connectivity index (χ3v) is 3.17. The Morgan fingerprint density at radius 2 is 1.83 bits per heavy atom. The zero-order valence-electron chi connectivity index (χ0n) is 12.6. The van der Waals surface area contributed by atoms with Crippen molar-refractivity contribution in [2.75, 3.05) is 18.5 Å². The molecule has 0 bridgehead atoms. The maximum atomic E-state index is 11.8. The van der Waals surface area contributed by atoms with E-state index in [0.29, 0.717) is 18.7 Å². The molecule has 4 N–H and O–H groups in total. The minimum Gasteiger partial charge on any atom is -0.464 e. The van der Waals surface area contributed by atoms with E-state index in [2.05, 4.69) is 10.5 Å². The molecule has 6 heteroatoms. The maximum Gasteiger partial charge on any atom is 0.310 e. The number of benzene rings is 2. The van der Waals surface area contributed by atoms with E-state index in [1.807, 2.05) is 30.3 Å². The highest BCUT2D eigenvalue weighted by molar-refractivity contribution is 5.97. The van der Waals surface area contributed by atoms with E-state index < -0.39 is 0 Å². The van der Waals surface area contributed by atoms with Gasteiger partial charge in [-0.1, -0.05) is 47.6 Å². The number of carbonyl (C=O) groups excluding carboxylic acids is 1. The van der Waals surface area contributed by atoms with Crippen molar-refractivity contribution in [3.63, 3.8) is 0 Å². The second-order valence-corrected chi connectivity index (χ2v) is 4.87. The Labute approximate surface area is 134 Å². The Morgan fingerprint density at radius 3 is 2.48 bits per heavy atom. The van der Waals surface area contributed by atoms with Gasteiger partial charge in [0.05, 0.1) is 6.42 Å². The van der Waals surface area contributed by atoms with Crippen molar-refractivity contribution in [3.05, 3.63) is 65.7 Å². The molecule has 0 aliphatic rings. The number of oxime groups is 1. The summed E-state index contributed by atoms with van der Waals surface area (Å²) in [6.45, 7) is 0.855. The molecule has 0 aliphatic carbocycles. The van der Waals surface area contributed by atoms with Crippen molar-refractivity contribution in [2.45, 2.75) is 6.42 Å². The van der Waals surface area contributed by atoms with Gasteiger partial charge in [0.1, 0.15) is 6.61 Å². The van der Waals surface area contributed by atoms with Gasteiger partial charge in [-0.2, -0.15) is 0 Å². The Kier molecular flexibility index (Phi) is 5.99. The van der Waals surface area contributed by atoms with Gasteiger partial charge in [0.15, 0.2) is 5.84 Å². The molecule has 0 heterocycles. The maximum absolute atomic E-state index is 11.8. The van der Waals surface area contributed by atoms with Gasteiger partial charge in [0.2, 0.25) is 0 Å². The highest BCUT2D eigenvalue weighted by Gasteiger charge is 2.06. The van der Waals surface area contributed by atoms with E-state index in [4.69, 9.17) is 15.7 Å². The second-order valence-electron chi connectivity index (χ2n) is 4.87. The first-order valence-electron chi connectivity index (χ1n) is 7.20. The predicted octanol–water partition coefficient (Wildman–Crippen LogP) is 1.98. The smallest absolute Gasteiger partial charge is 0.310 e. The minimum absolute atomic E-state index is 0.0334. The molecular formula is C17H19N3O3.